The largest absolute Gasteiger partial charge is 0.289 e. The lowest BCUT2D eigenvalue weighted by atomic mass is 10.0. The molecule has 0 radical (unpaired) electrons. The van der Waals surface area contributed by atoms with Gasteiger partial charge in [-0.05, 0) is 49.1 Å². The molecule has 3 aromatic rings. The summed E-state index contributed by atoms with van der Waals surface area (Å²) < 4.78 is 0. The van der Waals surface area contributed by atoms with E-state index >= 15 is 0 Å². The van der Waals surface area contributed by atoms with E-state index in [1.165, 1.54) is 0 Å². The molecule has 2 aromatic heterocycles. The van der Waals surface area contributed by atoms with Crippen LogP contribution in [-0.4, -0.2) is 10.8 Å². The van der Waals surface area contributed by atoms with Gasteiger partial charge in [-0.25, -0.2) is 0 Å². The number of benzene rings is 1. The first-order valence-corrected chi connectivity index (χ1v) is 7.04. The minimum atomic E-state index is 0.0845. The predicted molar refractivity (Wildman–Crippen MR) is 79.0 cm³/mol. The smallest absolute Gasteiger partial charge is 0.194 e. The van der Waals surface area contributed by atoms with Gasteiger partial charge < -0.3 is 0 Å². The van der Waals surface area contributed by atoms with E-state index in [1.807, 2.05) is 54.9 Å². The van der Waals surface area contributed by atoms with Crippen molar-refractivity contribution in [2.45, 2.75) is 13.8 Å². The summed E-state index contributed by atoms with van der Waals surface area (Å²) in [5, 5.41) is 4.92. The number of fused-ring (bicyclic) bond motifs is 1. The maximum Gasteiger partial charge on any atom is 0.194 e. The minimum absolute atomic E-state index is 0.0845. The highest BCUT2D eigenvalue weighted by atomic mass is 32.1. The second kappa shape index (κ2) is 4.59. The van der Waals surface area contributed by atoms with Gasteiger partial charge in [-0.2, -0.15) is 11.3 Å². The van der Waals surface area contributed by atoms with Crippen LogP contribution in [0.4, 0.5) is 0 Å². The first-order valence-electron chi connectivity index (χ1n) is 6.10. The number of thiophene rings is 1. The minimum Gasteiger partial charge on any atom is -0.289 e. The molecule has 3 heteroatoms. The number of carbonyl (C=O) groups excluding carboxylic acids is 1. The Labute approximate surface area is 115 Å². The van der Waals surface area contributed by atoms with Gasteiger partial charge in [0, 0.05) is 27.6 Å². The van der Waals surface area contributed by atoms with Crippen molar-refractivity contribution < 1.29 is 4.79 Å². The summed E-state index contributed by atoms with van der Waals surface area (Å²) >= 11 is 1.56. The van der Waals surface area contributed by atoms with E-state index in [4.69, 9.17) is 0 Å². The fourth-order valence-corrected chi connectivity index (χ4v) is 2.95. The van der Waals surface area contributed by atoms with Gasteiger partial charge in [-0.3, -0.25) is 9.78 Å². The third-order valence-electron chi connectivity index (χ3n) is 3.19. The molecule has 2 heterocycles. The summed E-state index contributed by atoms with van der Waals surface area (Å²) in [4.78, 5) is 16.9. The third kappa shape index (κ3) is 2.17. The lowest BCUT2D eigenvalue weighted by molar-refractivity contribution is 0.103. The fraction of sp³-hybridized carbons (Fsp3) is 0.125. The summed E-state index contributed by atoms with van der Waals surface area (Å²) in [6.07, 6.45) is 0. The van der Waals surface area contributed by atoms with Gasteiger partial charge in [-0.1, -0.05) is 6.07 Å². The van der Waals surface area contributed by atoms with Crippen molar-refractivity contribution in [2.24, 2.45) is 0 Å². The normalized spacial score (nSPS) is 10.8. The Hall–Kier alpha value is -2.00. The van der Waals surface area contributed by atoms with E-state index < -0.39 is 0 Å². The van der Waals surface area contributed by atoms with Crippen LogP contribution in [0.1, 0.15) is 27.2 Å². The summed E-state index contributed by atoms with van der Waals surface area (Å²) in [5.74, 6) is 0.0845. The van der Waals surface area contributed by atoms with Crippen LogP contribution in [0.3, 0.4) is 0 Å². The first-order chi connectivity index (χ1) is 9.15. The van der Waals surface area contributed by atoms with Gasteiger partial charge in [-0.15, -0.1) is 0 Å². The number of nitrogens with zero attached hydrogens (tertiary/aromatic N) is 1. The van der Waals surface area contributed by atoms with E-state index in [-0.39, 0.29) is 5.78 Å². The maximum atomic E-state index is 12.4. The molecule has 1 aromatic carbocycles. The van der Waals surface area contributed by atoms with Gasteiger partial charge >= 0.3 is 0 Å². The van der Waals surface area contributed by atoms with Crippen molar-refractivity contribution in [2.75, 3.05) is 0 Å². The van der Waals surface area contributed by atoms with Crippen LogP contribution in [0, 0.1) is 13.8 Å². The Balaban J connectivity index is 2.09. The molecule has 0 saturated carbocycles. The molecular weight excluding hydrogens is 254 g/mol. The number of carbonyl (C=O) groups is 1. The fourth-order valence-electron chi connectivity index (χ4n) is 2.12. The lowest BCUT2D eigenvalue weighted by Crippen LogP contribution is -2.01. The standard InChI is InChI=1S/C16H13NOS/c1-10-8-19-9-14(10)16(18)13-5-6-15-12(7-13)4-3-11(2)17-15/h3-9H,1-2H3. The van der Waals surface area contributed by atoms with E-state index in [0.29, 0.717) is 0 Å². The summed E-state index contributed by atoms with van der Waals surface area (Å²) in [7, 11) is 0. The molecule has 0 aliphatic carbocycles. The monoisotopic (exact) mass is 267 g/mol. The van der Waals surface area contributed by atoms with Crippen molar-refractivity contribution in [1.29, 1.82) is 0 Å². The molecule has 0 aliphatic heterocycles. The van der Waals surface area contributed by atoms with Crippen molar-refractivity contribution in [3.63, 3.8) is 0 Å². The second-order valence-corrected chi connectivity index (χ2v) is 5.40. The maximum absolute atomic E-state index is 12.4. The van der Waals surface area contributed by atoms with Crippen LogP contribution in [0.2, 0.25) is 0 Å². The third-order valence-corrected chi connectivity index (χ3v) is 4.05. The van der Waals surface area contributed by atoms with E-state index in [2.05, 4.69) is 4.98 Å². The average Bonchev–Trinajstić information content (AvgIpc) is 2.83. The lowest BCUT2D eigenvalue weighted by Gasteiger charge is -2.03. The molecule has 2 nitrogen and oxygen atoms in total. The zero-order valence-electron chi connectivity index (χ0n) is 10.8. The number of rotatable bonds is 2. The van der Waals surface area contributed by atoms with Crippen molar-refractivity contribution in [3.05, 3.63) is 63.5 Å². The molecule has 0 unspecified atom stereocenters. The summed E-state index contributed by atoms with van der Waals surface area (Å²) in [6, 6.07) is 9.66. The Morgan fingerprint density at radius 1 is 1.11 bits per heavy atom. The number of aryl methyl sites for hydroxylation is 2. The molecule has 0 spiro atoms. The Kier molecular flexibility index (Phi) is 2.91. The summed E-state index contributed by atoms with van der Waals surface area (Å²) in [5.41, 5.74) is 4.47. The van der Waals surface area contributed by atoms with E-state index in [1.54, 1.807) is 11.3 Å². The zero-order chi connectivity index (χ0) is 13.4. The number of hydrogen-bond donors (Lipinski definition) is 0. The van der Waals surface area contributed by atoms with Crippen LogP contribution >= 0.6 is 11.3 Å². The van der Waals surface area contributed by atoms with Gasteiger partial charge in [0.25, 0.3) is 0 Å². The number of pyridine rings is 1. The van der Waals surface area contributed by atoms with E-state index in [0.717, 1.165) is 33.3 Å². The van der Waals surface area contributed by atoms with Gasteiger partial charge in [0.15, 0.2) is 5.78 Å². The van der Waals surface area contributed by atoms with E-state index in [9.17, 15) is 4.79 Å². The number of aromatic nitrogens is 1. The van der Waals surface area contributed by atoms with Gasteiger partial charge in [0.1, 0.15) is 0 Å². The molecule has 19 heavy (non-hydrogen) atoms. The average molecular weight is 267 g/mol. The van der Waals surface area contributed by atoms with Crippen LogP contribution in [0.25, 0.3) is 10.9 Å². The summed E-state index contributed by atoms with van der Waals surface area (Å²) in [6.45, 7) is 3.93. The topological polar surface area (TPSA) is 30.0 Å². The number of hydrogen-bond acceptors (Lipinski definition) is 3. The molecular formula is C16H13NOS. The highest BCUT2D eigenvalue weighted by Crippen LogP contribution is 2.21. The van der Waals surface area contributed by atoms with Gasteiger partial charge in [0.2, 0.25) is 0 Å². The van der Waals surface area contributed by atoms with Gasteiger partial charge in [0.05, 0.1) is 5.52 Å². The molecule has 0 bridgehead atoms. The van der Waals surface area contributed by atoms with Crippen LogP contribution in [0.5, 0.6) is 0 Å². The second-order valence-electron chi connectivity index (χ2n) is 4.66. The van der Waals surface area contributed by atoms with Crippen LogP contribution in [0.15, 0.2) is 41.1 Å². The molecule has 0 amide bonds. The Bertz CT molecular complexity index is 773. The van der Waals surface area contributed by atoms with Crippen molar-refractivity contribution in [1.82, 2.24) is 4.98 Å². The molecule has 0 atom stereocenters. The van der Waals surface area contributed by atoms with Crippen molar-refractivity contribution in [3.8, 4) is 0 Å². The van der Waals surface area contributed by atoms with Crippen LogP contribution in [-0.2, 0) is 0 Å². The molecule has 0 fully saturated rings. The molecule has 3 rings (SSSR count). The highest BCUT2D eigenvalue weighted by Gasteiger charge is 2.13. The Morgan fingerprint density at radius 3 is 2.68 bits per heavy atom. The molecule has 0 N–H and O–H groups in total. The zero-order valence-corrected chi connectivity index (χ0v) is 11.6. The van der Waals surface area contributed by atoms with Crippen molar-refractivity contribution >= 4 is 28.0 Å². The van der Waals surface area contributed by atoms with Crippen LogP contribution < -0.4 is 0 Å². The highest BCUT2D eigenvalue weighted by molar-refractivity contribution is 7.08. The molecule has 94 valence electrons. The first kappa shape index (κ1) is 12.1. The SMILES string of the molecule is Cc1ccc2cc(C(=O)c3cscc3C)ccc2n1. The predicted octanol–water partition coefficient (Wildman–Crippen LogP) is 4.14. The Morgan fingerprint density at radius 2 is 1.95 bits per heavy atom. The number of ketones is 1. The molecule has 0 aliphatic rings. The molecule has 0 saturated heterocycles. The quantitative estimate of drug-likeness (QED) is 0.653.